The number of hydrogen-bond acceptors (Lipinski definition) is 2. The summed E-state index contributed by atoms with van der Waals surface area (Å²) < 4.78 is 0. The minimum absolute atomic E-state index is 0.310. The first-order valence-electron chi connectivity index (χ1n) is 4.19. The molecule has 2 nitrogen and oxygen atoms in total. The van der Waals surface area contributed by atoms with E-state index in [2.05, 4.69) is 12.2 Å². The second-order valence-electron chi connectivity index (χ2n) is 3.16. The number of nitrogens with one attached hydrogen (secondary N) is 1. The Labute approximate surface area is 62.6 Å². The van der Waals surface area contributed by atoms with Gasteiger partial charge in [0, 0.05) is 12.6 Å². The van der Waals surface area contributed by atoms with E-state index in [9.17, 15) is 0 Å². The van der Waals surface area contributed by atoms with Crippen LogP contribution in [0.4, 0.5) is 0 Å². The van der Waals surface area contributed by atoms with E-state index in [-0.39, 0.29) is 0 Å². The Balaban J connectivity index is 1.90. The van der Waals surface area contributed by atoms with Crippen LogP contribution < -0.4 is 5.32 Å². The van der Waals surface area contributed by atoms with Crippen molar-refractivity contribution in [1.29, 1.82) is 0 Å². The molecule has 0 aromatic rings. The third-order valence-electron chi connectivity index (χ3n) is 2.13. The van der Waals surface area contributed by atoms with Crippen molar-refractivity contribution in [3.8, 4) is 0 Å². The second-order valence-corrected chi connectivity index (χ2v) is 3.16. The third kappa shape index (κ3) is 2.67. The van der Waals surface area contributed by atoms with Gasteiger partial charge in [0.05, 0.1) is 0 Å². The molecule has 1 saturated carbocycles. The number of hydrogen-bond donors (Lipinski definition) is 2. The SMILES string of the molecule is C[C@@H](NCCCO)C1CC1. The Hall–Kier alpha value is -0.0800. The summed E-state index contributed by atoms with van der Waals surface area (Å²) in [4.78, 5) is 0. The molecule has 1 aliphatic rings. The molecule has 0 radical (unpaired) electrons. The molecule has 0 unspecified atom stereocenters. The highest BCUT2D eigenvalue weighted by molar-refractivity contribution is 4.82. The predicted molar refractivity (Wildman–Crippen MR) is 41.9 cm³/mol. The van der Waals surface area contributed by atoms with Crippen LogP contribution in [0.5, 0.6) is 0 Å². The molecule has 0 bridgehead atoms. The first-order chi connectivity index (χ1) is 4.84. The Morgan fingerprint density at radius 3 is 2.80 bits per heavy atom. The van der Waals surface area contributed by atoms with Crippen LogP contribution in [-0.2, 0) is 0 Å². The van der Waals surface area contributed by atoms with Crippen LogP contribution >= 0.6 is 0 Å². The number of aliphatic hydroxyl groups is 1. The monoisotopic (exact) mass is 143 g/mol. The lowest BCUT2D eigenvalue weighted by atomic mass is 10.2. The van der Waals surface area contributed by atoms with Gasteiger partial charge in [0.1, 0.15) is 0 Å². The van der Waals surface area contributed by atoms with E-state index in [4.69, 9.17) is 5.11 Å². The van der Waals surface area contributed by atoms with E-state index < -0.39 is 0 Å². The van der Waals surface area contributed by atoms with Crippen molar-refractivity contribution in [2.45, 2.75) is 32.2 Å². The maximum atomic E-state index is 8.49. The highest BCUT2D eigenvalue weighted by atomic mass is 16.3. The van der Waals surface area contributed by atoms with Gasteiger partial charge in [-0.05, 0) is 38.6 Å². The molecule has 1 atom stereocenters. The fraction of sp³-hybridized carbons (Fsp3) is 1.00. The highest BCUT2D eigenvalue weighted by Gasteiger charge is 2.26. The Bertz CT molecular complexity index is 91.3. The normalized spacial score (nSPS) is 21.0. The summed E-state index contributed by atoms with van der Waals surface area (Å²) in [7, 11) is 0. The zero-order valence-corrected chi connectivity index (χ0v) is 6.64. The fourth-order valence-electron chi connectivity index (χ4n) is 1.17. The standard InChI is InChI=1S/C8H17NO/c1-7(8-3-4-8)9-5-2-6-10/h7-10H,2-6H2,1H3/t7-/m1/s1. The molecule has 0 amide bonds. The molecule has 0 heterocycles. The lowest BCUT2D eigenvalue weighted by Gasteiger charge is -2.10. The average molecular weight is 143 g/mol. The highest BCUT2D eigenvalue weighted by Crippen LogP contribution is 2.32. The van der Waals surface area contributed by atoms with Gasteiger partial charge in [0.2, 0.25) is 0 Å². The minimum Gasteiger partial charge on any atom is -0.396 e. The molecule has 0 spiro atoms. The molecule has 60 valence electrons. The Morgan fingerprint density at radius 1 is 1.60 bits per heavy atom. The minimum atomic E-state index is 0.310. The van der Waals surface area contributed by atoms with Gasteiger partial charge in [0.15, 0.2) is 0 Å². The van der Waals surface area contributed by atoms with E-state index in [1.807, 2.05) is 0 Å². The first kappa shape index (κ1) is 8.02. The van der Waals surface area contributed by atoms with Gasteiger partial charge >= 0.3 is 0 Å². The van der Waals surface area contributed by atoms with Crippen LogP contribution in [-0.4, -0.2) is 24.3 Å². The summed E-state index contributed by atoms with van der Waals surface area (Å²) in [5, 5.41) is 11.9. The molecule has 0 aliphatic heterocycles. The van der Waals surface area contributed by atoms with E-state index in [0.29, 0.717) is 12.6 Å². The zero-order chi connectivity index (χ0) is 7.40. The molecular weight excluding hydrogens is 126 g/mol. The summed E-state index contributed by atoms with van der Waals surface area (Å²) in [5.74, 6) is 0.929. The molecule has 0 saturated heterocycles. The summed E-state index contributed by atoms with van der Waals surface area (Å²) in [5.41, 5.74) is 0. The van der Waals surface area contributed by atoms with Crippen molar-refractivity contribution >= 4 is 0 Å². The first-order valence-corrected chi connectivity index (χ1v) is 4.19. The third-order valence-corrected chi connectivity index (χ3v) is 2.13. The van der Waals surface area contributed by atoms with Crippen LogP contribution in [0, 0.1) is 5.92 Å². The predicted octanol–water partition coefficient (Wildman–Crippen LogP) is 0.757. The van der Waals surface area contributed by atoms with Crippen LogP contribution in [0.25, 0.3) is 0 Å². The smallest absolute Gasteiger partial charge is 0.0443 e. The molecule has 2 N–H and O–H groups in total. The maximum Gasteiger partial charge on any atom is 0.0443 e. The van der Waals surface area contributed by atoms with Crippen molar-refractivity contribution in [2.75, 3.05) is 13.2 Å². The van der Waals surface area contributed by atoms with Crippen LogP contribution in [0.1, 0.15) is 26.2 Å². The second kappa shape index (κ2) is 3.94. The van der Waals surface area contributed by atoms with Gasteiger partial charge in [-0.25, -0.2) is 0 Å². The van der Waals surface area contributed by atoms with Gasteiger partial charge < -0.3 is 10.4 Å². The molecule has 0 aromatic carbocycles. The molecule has 1 aliphatic carbocycles. The van der Waals surface area contributed by atoms with Gasteiger partial charge in [0.25, 0.3) is 0 Å². The Morgan fingerprint density at radius 2 is 2.30 bits per heavy atom. The van der Waals surface area contributed by atoms with E-state index in [0.717, 1.165) is 18.9 Å². The van der Waals surface area contributed by atoms with Crippen molar-refractivity contribution in [2.24, 2.45) is 5.92 Å². The Kier molecular flexibility index (Phi) is 3.16. The summed E-state index contributed by atoms with van der Waals surface area (Å²) in [6.45, 7) is 3.51. The van der Waals surface area contributed by atoms with Gasteiger partial charge in [-0.3, -0.25) is 0 Å². The largest absolute Gasteiger partial charge is 0.396 e. The lowest BCUT2D eigenvalue weighted by molar-refractivity contribution is 0.282. The molecule has 2 heteroatoms. The maximum absolute atomic E-state index is 8.49. The average Bonchev–Trinajstić information content (AvgIpc) is 2.69. The lowest BCUT2D eigenvalue weighted by Crippen LogP contribution is -2.29. The van der Waals surface area contributed by atoms with Crippen molar-refractivity contribution < 1.29 is 5.11 Å². The van der Waals surface area contributed by atoms with Crippen molar-refractivity contribution in [1.82, 2.24) is 5.32 Å². The number of aliphatic hydroxyl groups excluding tert-OH is 1. The summed E-state index contributed by atoms with van der Waals surface area (Å²) in [6, 6.07) is 0.673. The zero-order valence-electron chi connectivity index (χ0n) is 6.64. The topological polar surface area (TPSA) is 32.3 Å². The van der Waals surface area contributed by atoms with Gasteiger partial charge in [-0.2, -0.15) is 0 Å². The van der Waals surface area contributed by atoms with Crippen LogP contribution in [0.2, 0.25) is 0 Å². The molecule has 0 aromatic heterocycles. The number of rotatable bonds is 5. The molecule has 1 rings (SSSR count). The van der Waals surface area contributed by atoms with Crippen LogP contribution in [0.3, 0.4) is 0 Å². The van der Waals surface area contributed by atoms with E-state index >= 15 is 0 Å². The van der Waals surface area contributed by atoms with Crippen LogP contribution in [0.15, 0.2) is 0 Å². The van der Waals surface area contributed by atoms with Crippen molar-refractivity contribution in [3.05, 3.63) is 0 Å². The van der Waals surface area contributed by atoms with Crippen molar-refractivity contribution in [3.63, 3.8) is 0 Å². The molecule has 10 heavy (non-hydrogen) atoms. The fourth-order valence-corrected chi connectivity index (χ4v) is 1.17. The summed E-state index contributed by atoms with van der Waals surface area (Å²) >= 11 is 0. The molecule has 1 fully saturated rings. The molecular formula is C8H17NO. The quantitative estimate of drug-likeness (QED) is 0.557. The van der Waals surface area contributed by atoms with Gasteiger partial charge in [-0.15, -0.1) is 0 Å². The van der Waals surface area contributed by atoms with E-state index in [1.54, 1.807) is 0 Å². The van der Waals surface area contributed by atoms with E-state index in [1.165, 1.54) is 12.8 Å². The van der Waals surface area contributed by atoms with Gasteiger partial charge in [-0.1, -0.05) is 0 Å². The summed E-state index contributed by atoms with van der Waals surface area (Å²) in [6.07, 6.45) is 3.68.